The molecule has 2 heterocycles. The van der Waals surface area contributed by atoms with Gasteiger partial charge < -0.3 is 20.2 Å². The van der Waals surface area contributed by atoms with Gasteiger partial charge in [-0.3, -0.25) is 4.79 Å². The molecule has 7 nitrogen and oxygen atoms in total. The van der Waals surface area contributed by atoms with E-state index < -0.39 is 5.56 Å². The molecule has 1 aromatic heterocycles. The summed E-state index contributed by atoms with van der Waals surface area (Å²) in [7, 11) is 0. The Bertz CT molecular complexity index is 884. The van der Waals surface area contributed by atoms with Crippen LogP contribution in [0.5, 0.6) is 5.75 Å². The Labute approximate surface area is 131 Å². The monoisotopic (exact) mass is 308 g/mol. The molecule has 1 aromatic carbocycles. The van der Waals surface area contributed by atoms with E-state index in [0.29, 0.717) is 24.5 Å². The van der Waals surface area contributed by atoms with Crippen LogP contribution in [0.2, 0.25) is 0 Å². The van der Waals surface area contributed by atoms with Gasteiger partial charge in [0.15, 0.2) is 0 Å². The summed E-state index contributed by atoms with van der Waals surface area (Å²) >= 11 is 0. The highest BCUT2D eigenvalue weighted by Crippen LogP contribution is 2.29. The van der Waals surface area contributed by atoms with Gasteiger partial charge in [-0.25, -0.2) is 0 Å². The van der Waals surface area contributed by atoms with Crippen LogP contribution in [0.15, 0.2) is 29.1 Å². The van der Waals surface area contributed by atoms with Gasteiger partial charge in [0, 0.05) is 5.56 Å². The topological polar surface area (TPSA) is 128 Å². The predicted octanol–water partition coefficient (Wildman–Crippen LogP) is 1.15. The third kappa shape index (κ3) is 2.86. The Hall–Kier alpha value is -3.29. The van der Waals surface area contributed by atoms with E-state index in [9.17, 15) is 15.3 Å². The molecular formula is C16H12N4O3. The van der Waals surface area contributed by atoms with Crippen molar-refractivity contribution in [1.29, 1.82) is 10.5 Å². The maximum atomic E-state index is 11.9. The first-order valence-corrected chi connectivity index (χ1v) is 6.85. The number of epoxide rings is 1. The summed E-state index contributed by atoms with van der Waals surface area (Å²) < 4.78 is 10.6. The molecule has 1 aliphatic rings. The van der Waals surface area contributed by atoms with Crippen molar-refractivity contribution >= 4 is 5.82 Å². The lowest BCUT2D eigenvalue weighted by Gasteiger charge is -2.10. The van der Waals surface area contributed by atoms with Crippen molar-refractivity contribution in [3.63, 3.8) is 0 Å². The van der Waals surface area contributed by atoms with Gasteiger partial charge in [-0.05, 0) is 17.7 Å². The van der Waals surface area contributed by atoms with Crippen molar-refractivity contribution in [1.82, 2.24) is 4.98 Å². The average Bonchev–Trinajstić information content (AvgIpc) is 3.37. The number of anilines is 1. The number of nitrogens with zero attached hydrogens (tertiary/aromatic N) is 2. The van der Waals surface area contributed by atoms with Crippen LogP contribution in [-0.4, -0.2) is 24.3 Å². The maximum absolute atomic E-state index is 11.9. The Morgan fingerprint density at radius 1 is 1.26 bits per heavy atom. The number of nitrogen functional groups attached to an aromatic ring is 1. The van der Waals surface area contributed by atoms with E-state index in [1.807, 2.05) is 12.1 Å². The second-order valence-electron chi connectivity index (χ2n) is 5.01. The second-order valence-corrected chi connectivity index (χ2v) is 5.01. The highest BCUT2D eigenvalue weighted by Gasteiger charge is 2.23. The number of aromatic amines is 1. The van der Waals surface area contributed by atoms with Crippen molar-refractivity contribution in [3.05, 3.63) is 45.7 Å². The number of ether oxygens (including phenoxy) is 2. The molecular weight excluding hydrogens is 296 g/mol. The van der Waals surface area contributed by atoms with E-state index in [1.165, 1.54) is 0 Å². The Balaban J connectivity index is 2.02. The number of nitriles is 2. The summed E-state index contributed by atoms with van der Waals surface area (Å²) in [4.78, 5) is 14.2. The summed E-state index contributed by atoms with van der Waals surface area (Å²) in [5.74, 6) is 0.580. The summed E-state index contributed by atoms with van der Waals surface area (Å²) in [5.41, 5.74) is 5.77. The summed E-state index contributed by atoms with van der Waals surface area (Å²) in [6, 6.07) is 10.5. The van der Waals surface area contributed by atoms with Crippen molar-refractivity contribution in [2.24, 2.45) is 0 Å². The second kappa shape index (κ2) is 5.84. The summed E-state index contributed by atoms with van der Waals surface area (Å²) in [6.07, 6.45) is 0.150. The molecule has 0 bridgehead atoms. The van der Waals surface area contributed by atoms with Gasteiger partial charge in [-0.2, -0.15) is 10.5 Å². The highest BCUT2D eigenvalue weighted by atomic mass is 16.6. The molecule has 1 unspecified atom stereocenters. The smallest absolute Gasteiger partial charge is 0.268 e. The predicted molar refractivity (Wildman–Crippen MR) is 81.6 cm³/mol. The first-order chi connectivity index (χ1) is 11.1. The largest absolute Gasteiger partial charge is 0.491 e. The van der Waals surface area contributed by atoms with Gasteiger partial charge in [0.2, 0.25) is 0 Å². The first-order valence-electron chi connectivity index (χ1n) is 6.85. The van der Waals surface area contributed by atoms with Crippen LogP contribution >= 0.6 is 0 Å². The number of H-pyrrole nitrogens is 1. The number of benzene rings is 1. The minimum absolute atomic E-state index is 0.0577. The van der Waals surface area contributed by atoms with Crippen LogP contribution in [0.25, 0.3) is 11.1 Å². The Morgan fingerprint density at radius 3 is 2.48 bits per heavy atom. The molecule has 23 heavy (non-hydrogen) atoms. The fourth-order valence-corrected chi connectivity index (χ4v) is 2.20. The molecule has 1 atom stereocenters. The SMILES string of the molecule is N#Cc1c(N)[nH]c(=O)c(C#N)c1-c1ccc(OCC2CO2)cc1. The zero-order chi connectivity index (χ0) is 16.4. The van der Waals surface area contributed by atoms with Gasteiger partial charge in [0.05, 0.1) is 6.61 Å². The van der Waals surface area contributed by atoms with E-state index in [2.05, 4.69) is 4.98 Å². The molecule has 3 rings (SSSR count). The number of aromatic nitrogens is 1. The molecule has 1 saturated heterocycles. The first kappa shape index (κ1) is 14.6. The van der Waals surface area contributed by atoms with E-state index >= 15 is 0 Å². The minimum Gasteiger partial charge on any atom is -0.491 e. The average molecular weight is 308 g/mol. The third-order valence-corrected chi connectivity index (χ3v) is 3.45. The molecule has 3 N–H and O–H groups in total. The van der Waals surface area contributed by atoms with Crippen molar-refractivity contribution in [2.45, 2.75) is 6.10 Å². The van der Waals surface area contributed by atoms with E-state index in [-0.39, 0.29) is 28.6 Å². The molecule has 114 valence electrons. The van der Waals surface area contributed by atoms with Crippen LogP contribution in [0, 0.1) is 22.7 Å². The molecule has 0 radical (unpaired) electrons. The fraction of sp³-hybridized carbons (Fsp3) is 0.188. The van der Waals surface area contributed by atoms with Crippen molar-refractivity contribution in [3.8, 4) is 29.0 Å². The van der Waals surface area contributed by atoms with Gasteiger partial charge >= 0.3 is 0 Å². The lowest BCUT2D eigenvalue weighted by Crippen LogP contribution is -2.16. The molecule has 1 aliphatic heterocycles. The number of rotatable bonds is 4. The Morgan fingerprint density at radius 2 is 1.91 bits per heavy atom. The number of nitrogens with two attached hydrogens (primary N) is 1. The number of hydrogen-bond acceptors (Lipinski definition) is 6. The molecule has 1 fully saturated rings. The summed E-state index contributed by atoms with van der Waals surface area (Å²) in [5, 5.41) is 18.5. The lowest BCUT2D eigenvalue weighted by molar-refractivity contribution is 0.263. The van der Waals surface area contributed by atoms with Crippen molar-refractivity contribution in [2.75, 3.05) is 18.9 Å². The van der Waals surface area contributed by atoms with Gasteiger partial charge in [0.25, 0.3) is 5.56 Å². The molecule has 2 aromatic rings. The third-order valence-electron chi connectivity index (χ3n) is 3.45. The zero-order valence-electron chi connectivity index (χ0n) is 12.0. The van der Waals surface area contributed by atoms with Gasteiger partial charge in [0.1, 0.15) is 47.5 Å². The van der Waals surface area contributed by atoms with Gasteiger partial charge in [-0.1, -0.05) is 12.1 Å². The van der Waals surface area contributed by atoms with Crippen LogP contribution in [-0.2, 0) is 4.74 Å². The normalized spacial score (nSPS) is 15.5. The fourth-order valence-electron chi connectivity index (χ4n) is 2.20. The minimum atomic E-state index is -0.620. The highest BCUT2D eigenvalue weighted by molar-refractivity contribution is 5.80. The van der Waals surface area contributed by atoms with Crippen LogP contribution in [0.3, 0.4) is 0 Å². The molecule has 0 saturated carbocycles. The number of pyridine rings is 1. The molecule has 7 heteroatoms. The standard InChI is InChI=1S/C16H12N4O3/c17-5-12-14(13(6-18)16(21)20-15(12)19)9-1-3-10(4-2-9)22-7-11-8-23-11/h1-4,11H,7-8H2,(H3,19,20,21). The van der Waals surface area contributed by atoms with Crippen LogP contribution < -0.4 is 16.0 Å². The zero-order valence-corrected chi connectivity index (χ0v) is 12.0. The maximum Gasteiger partial charge on any atom is 0.268 e. The number of nitrogens with one attached hydrogen (secondary N) is 1. The summed E-state index contributed by atoms with van der Waals surface area (Å²) in [6.45, 7) is 1.19. The Kier molecular flexibility index (Phi) is 3.71. The van der Waals surface area contributed by atoms with Crippen LogP contribution in [0.4, 0.5) is 5.82 Å². The molecule has 0 spiro atoms. The van der Waals surface area contributed by atoms with Crippen molar-refractivity contribution < 1.29 is 9.47 Å². The lowest BCUT2D eigenvalue weighted by atomic mass is 9.97. The molecule has 0 amide bonds. The molecule has 0 aliphatic carbocycles. The van der Waals surface area contributed by atoms with Crippen LogP contribution in [0.1, 0.15) is 11.1 Å². The quantitative estimate of drug-likeness (QED) is 0.815. The van der Waals surface area contributed by atoms with E-state index in [1.54, 1.807) is 24.3 Å². The van der Waals surface area contributed by atoms with E-state index in [0.717, 1.165) is 0 Å². The van der Waals surface area contributed by atoms with E-state index in [4.69, 9.17) is 15.2 Å². The number of hydrogen-bond donors (Lipinski definition) is 2. The van der Waals surface area contributed by atoms with Gasteiger partial charge in [-0.15, -0.1) is 0 Å².